The van der Waals surface area contributed by atoms with E-state index in [9.17, 15) is 0 Å². The van der Waals surface area contributed by atoms with E-state index in [0.29, 0.717) is 6.04 Å². The van der Waals surface area contributed by atoms with Crippen molar-refractivity contribution < 1.29 is 0 Å². The Kier molecular flexibility index (Phi) is 5.54. The molecule has 0 aliphatic carbocycles. The quantitative estimate of drug-likeness (QED) is 0.706. The minimum Gasteiger partial charge on any atom is -0.304 e. The molecule has 0 N–H and O–H groups in total. The maximum absolute atomic E-state index is 2.43. The van der Waals surface area contributed by atoms with Gasteiger partial charge in [0.2, 0.25) is 0 Å². The van der Waals surface area contributed by atoms with E-state index >= 15 is 0 Å². The lowest BCUT2D eigenvalue weighted by Gasteiger charge is -2.24. The molecule has 0 bridgehead atoms. The van der Waals surface area contributed by atoms with Crippen molar-refractivity contribution in [2.75, 3.05) is 13.6 Å². The van der Waals surface area contributed by atoms with Gasteiger partial charge in [-0.2, -0.15) is 0 Å². The molecule has 0 saturated carbocycles. The molecule has 0 radical (unpaired) electrons. The highest BCUT2D eigenvalue weighted by Gasteiger charge is 2.08. The molecule has 1 unspecified atom stereocenters. The van der Waals surface area contributed by atoms with E-state index in [0.717, 1.165) is 5.92 Å². The van der Waals surface area contributed by atoms with Crippen molar-refractivity contribution in [2.45, 2.75) is 39.7 Å². The summed E-state index contributed by atoms with van der Waals surface area (Å²) < 4.78 is 0. The summed E-state index contributed by atoms with van der Waals surface area (Å²) >= 11 is 0. The third-order valence-corrected chi connectivity index (χ3v) is 3.25. The molecule has 1 atom stereocenters. The summed E-state index contributed by atoms with van der Waals surface area (Å²) in [4.78, 5) is 2.43. The number of rotatable bonds is 6. The lowest BCUT2D eigenvalue weighted by atomic mass is 10.0. The van der Waals surface area contributed by atoms with E-state index in [2.05, 4.69) is 63.1 Å². The monoisotopic (exact) mass is 219 g/mol. The SMILES string of the molecule is CC(CCc1ccccc1)CN(C)C(C)C. The number of nitrogens with zero attached hydrogens (tertiary/aromatic N) is 1. The molecule has 90 valence electrons. The highest BCUT2D eigenvalue weighted by atomic mass is 15.1. The number of hydrogen-bond donors (Lipinski definition) is 0. The van der Waals surface area contributed by atoms with E-state index in [1.807, 2.05) is 0 Å². The van der Waals surface area contributed by atoms with Crippen LogP contribution in [0.1, 0.15) is 32.8 Å². The van der Waals surface area contributed by atoms with E-state index in [4.69, 9.17) is 0 Å². The number of hydrogen-bond acceptors (Lipinski definition) is 1. The Labute approximate surface area is 100 Å². The van der Waals surface area contributed by atoms with Crippen LogP contribution in [0.25, 0.3) is 0 Å². The molecule has 0 aliphatic heterocycles. The highest BCUT2D eigenvalue weighted by Crippen LogP contribution is 2.11. The summed E-state index contributed by atoms with van der Waals surface area (Å²) in [5.41, 5.74) is 1.46. The van der Waals surface area contributed by atoms with Crippen LogP contribution >= 0.6 is 0 Å². The fourth-order valence-corrected chi connectivity index (χ4v) is 1.85. The molecular formula is C15H25N. The van der Waals surface area contributed by atoms with Gasteiger partial charge in [0.1, 0.15) is 0 Å². The van der Waals surface area contributed by atoms with Crippen molar-refractivity contribution in [1.82, 2.24) is 4.90 Å². The first-order valence-corrected chi connectivity index (χ1v) is 6.33. The van der Waals surface area contributed by atoms with Crippen LogP contribution < -0.4 is 0 Å². The third-order valence-electron chi connectivity index (χ3n) is 3.25. The molecule has 0 fully saturated rings. The summed E-state index contributed by atoms with van der Waals surface area (Å²) in [6.45, 7) is 8.06. The van der Waals surface area contributed by atoms with Gasteiger partial charge in [0, 0.05) is 12.6 Å². The molecule has 0 aromatic heterocycles. The summed E-state index contributed by atoms with van der Waals surface area (Å²) in [5.74, 6) is 0.771. The van der Waals surface area contributed by atoms with E-state index in [1.54, 1.807) is 0 Å². The van der Waals surface area contributed by atoms with Gasteiger partial charge in [0.15, 0.2) is 0 Å². The number of benzene rings is 1. The van der Waals surface area contributed by atoms with Crippen molar-refractivity contribution in [3.8, 4) is 0 Å². The largest absolute Gasteiger partial charge is 0.304 e. The minimum atomic E-state index is 0.652. The van der Waals surface area contributed by atoms with E-state index in [1.165, 1.54) is 24.9 Å². The Bertz CT molecular complexity index is 279. The number of aryl methyl sites for hydroxylation is 1. The van der Waals surface area contributed by atoms with Crippen LogP contribution in [-0.4, -0.2) is 24.5 Å². The van der Waals surface area contributed by atoms with Crippen molar-refractivity contribution in [3.05, 3.63) is 35.9 Å². The van der Waals surface area contributed by atoms with Crippen LogP contribution in [0.5, 0.6) is 0 Å². The first-order chi connectivity index (χ1) is 7.59. The van der Waals surface area contributed by atoms with Gasteiger partial charge in [-0.3, -0.25) is 0 Å². The Morgan fingerprint density at radius 2 is 1.69 bits per heavy atom. The second-order valence-electron chi connectivity index (χ2n) is 5.16. The topological polar surface area (TPSA) is 3.24 Å². The lowest BCUT2D eigenvalue weighted by molar-refractivity contribution is 0.232. The molecule has 1 aromatic rings. The Hall–Kier alpha value is -0.820. The van der Waals surface area contributed by atoms with E-state index in [-0.39, 0.29) is 0 Å². The van der Waals surface area contributed by atoms with Crippen LogP contribution in [0.15, 0.2) is 30.3 Å². The van der Waals surface area contributed by atoms with E-state index < -0.39 is 0 Å². The fraction of sp³-hybridized carbons (Fsp3) is 0.600. The predicted molar refractivity (Wildman–Crippen MR) is 71.7 cm³/mol. The molecule has 0 spiro atoms. The van der Waals surface area contributed by atoms with Gasteiger partial charge in [-0.05, 0) is 45.2 Å². The first kappa shape index (κ1) is 13.2. The summed E-state index contributed by atoms with van der Waals surface area (Å²) in [6.07, 6.45) is 2.48. The molecule has 0 saturated heterocycles. The Morgan fingerprint density at radius 1 is 1.06 bits per heavy atom. The van der Waals surface area contributed by atoms with Crippen LogP contribution in [0, 0.1) is 5.92 Å². The standard InChI is InChI=1S/C15H25N/c1-13(2)16(4)12-14(3)10-11-15-8-6-5-7-9-15/h5-9,13-14H,10-12H2,1-4H3. The molecular weight excluding hydrogens is 194 g/mol. The van der Waals surface area contributed by atoms with Crippen LogP contribution in [0.4, 0.5) is 0 Å². The van der Waals surface area contributed by atoms with Crippen molar-refractivity contribution in [2.24, 2.45) is 5.92 Å². The lowest BCUT2D eigenvalue weighted by Crippen LogP contribution is -2.30. The zero-order valence-electron chi connectivity index (χ0n) is 11.1. The molecule has 1 aromatic carbocycles. The maximum Gasteiger partial charge on any atom is 0.00356 e. The van der Waals surface area contributed by atoms with Gasteiger partial charge >= 0.3 is 0 Å². The van der Waals surface area contributed by atoms with Crippen LogP contribution in [0.3, 0.4) is 0 Å². The van der Waals surface area contributed by atoms with Crippen LogP contribution in [0.2, 0.25) is 0 Å². The van der Waals surface area contributed by atoms with Gasteiger partial charge in [0.05, 0.1) is 0 Å². The van der Waals surface area contributed by atoms with Gasteiger partial charge in [0.25, 0.3) is 0 Å². The molecule has 0 heterocycles. The highest BCUT2D eigenvalue weighted by molar-refractivity contribution is 5.14. The summed E-state index contributed by atoms with van der Waals surface area (Å²) in [7, 11) is 2.21. The van der Waals surface area contributed by atoms with Gasteiger partial charge in [-0.25, -0.2) is 0 Å². The molecule has 1 nitrogen and oxygen atoms in total. The fourth-order valence-electron chi connectivity index (χ4n) is 1.85. The van der Waals surface area contributed by atoms with Gasteiger partial charge in [-0.1, -0.05) is 37.3 Å². The first-order valence-electron chi connectivity index (χ1n) is 6.33. The zero-order chi connectivity index (χ0) is 12.0. The average Bonchev–Trinajstić information content (AvgIpc) is 2.27. The second-order valence-corrected chi connectivity index (χ2v) is 5.16. The minimum absolute atomic E-state index is 0.652. The van der Waals surface area contributed by atoms with Crippen molar-refractivity contribution in [1.29, 1.82) is 0 Å². The van der Waals surface area contributed by atoms with Crippen LogP contribution in [-0.2, 0) is 6.42 Å². The Morgan fingerprint density at radius 3 is 2.25 bits per heavy atom. The maximum atomic E-state index is 2.43. The normalized spacial score (nSPS) is 13.4. The zero-order valence-corrected chi connectivity index (χ0v) is 11.1. The van der Waals surface area contributed by atoms with Crippen molar-refractivity contribution in [3.63, 3.8) is 0 Å². The van der Waals surface area contributed by atoms with Gasteiger partial charge in [-0.15, -0.1) is 0 Å². The Balaban J connectivity index is 2.28. The summed E-state index contributed by atoms with van der Waals surface area (Å²) in [6, 6.07) is 11.4. The predicted octanol–water partition coefficient (Wildman–Crippen LogP) is 3.60. The average molecular weight is 219 g/mol. The molecule has 1 heteroatoms. The molecule has 0 aliphatic rings. The summed E-state index contributed by atoms with van der Waals surface area (Å²) in [5, 5.41) is 0. The van der Waals surface area contributed by atoms with Crippen molar-refractivity contribution >= 4 is 0 Å². The molecule has 16 heavy (non-hydrogen) atoms. The third kappa shape index (κ3) is 4.80. The smallest absolute Gasteiger partial charge is 0.00356 e. The second kappa shape index (κ2) is 6.70. The molecule has 0 amide bonds. The molecule has 1 rings (SSSR count). The van der Waals surface area contributed by atoms with Gasteiger partial charge < -0.3 is 4.90 Å².